The van der Waals surface area contributed by atoms with Crippen LogP contribution < -0.4 is 64.4 Å². The topological polar surface area (TPSA) is 378 Å². The van der Waals surface area contributed by atoms with Crippen molar-refractivity contribution in [1.82, 2.24) is 51.5 Å². The summed E-state index contributed by atoms with van der Waals surface area (Å²) in [4.78, 5) is 141. The zero-order chi connectivity index (χ0) is 62.8. The van der Waals surface area contributed by atoms with E-state index in [0.717, 1.165) is 11.3 Å². The van der Waals surface area contributed by atoms with E-state index in [0.29, 0.717) is 95.8 Å². The maximum Gasteiger partial charge on any atom is 0.253 e. The summed E-state index contributed by atoms with van der Waals surface area (Å²) >= 11 is -4.26. The molecule has 0 saturated carbocycles. The van der Waals surface area contributed by atoms with Crippen LogP contribution in [0.15, 0.2) is 93.4 Å². The molecule has 0 radical (unpaired) electrons. The third-order valence-electron chi connectivity index (χ3n) is 14.6. The van der Waals surface area contributed by atoms with Crippen LogP contribution in [0.2, 0.25) is 0 Å². The fourth-order valence-electron chi connectivity index (χ4n) is 9.76. The molecule has 12 N–H and O–H groups in total. The molecule has 88 heavy (non-hydrogen) atoms. The van der Waals surface area contributed by atoms with Gasteiger partial charge in [0.05, 0.1) is 5.92 Å². The summed E-state index contributed by atoms with van der Waals surface area (Å²) in [6, 6.07) is 21.2. The summed E-state index contributed by atoms with van der Waals surface area (Å²) in [6.07, 6.45) is 1.32. The first-order valence-electron chi connectivity index (χ1n) is 29.4. The number of hydrogen-bond acceptors (Lipinski definition) is 22. The smallest absolute Gasteiger partial charge is 0.253 e. The average Bonchev–Trinajstić information content (AvgIpc) is 1.26. The van der Waals surface area contributed by atoms with Crippen LogP contribution in [0.3, 0.4) is 0 Å². The van der Waals surface area contributed by atoms with Gasteiger partial charge in [-0.15, -0.1) is 0 Å². The molecule has 29 nitrogen and oxygen atoms in total. The number of rotatable bonds is 27. The van der Waals surface area contributed by atoms with E-state index in [1.807, 2.05) is 74.2 Å². The van der Waals surface area contributed by atoms with Crippen molar-refractivity contribution in [3.8, 4) is 5.75 Å². The summed E-state index contributed by atoms with van der Waals surface area (Å²) in [6.45, 7) is 6.77. The number of benzene rings is 3. The number of fused-ring (bicyclic) bond motifs is 7. The first-order valence-corrected chi connectivity index (χ1v) is 33.5. The third-order valence-corrected chi connectivity index (χ3v) is 18.5. The van der Waals surface area contributed by atoms with Gasteiger partial charge in [-0.1, -0.05) is 61.5 Å². The number of amides is 6. The summed E-state index contributed by atoms with van der Waals surface area (Å²) in [5.74, 6) is -4.10. The summed E-state index contributed by atoms with van der Waals surface area (Å²) in [5.41, 5.74) is 7.73. The van der Waals surface area contributed by atoms with Gasteiger partial charge in [-0.05, 0) is 60.2 Å². The quantitative estimate of drug-likeness (QED) is 0.0135. The Balaban J connectivity index is 0.870. The number of nitrogens with zero attached hydrogens (tertiary/aromatic N) is 5. The van der Waals surface area contributed by atoms with Crippen molar-refractivity contribution < 1.29 is 52.0 Å². The monoisotopic (exact) mass is 1320 g/mol. The number of anilines is 3. The Bertz CT molecular complexity index is 3080. The van der Waals surface area contributed by atoms with Gasteiger partial charge in [-0.2, -0.15) is 0 Å². The second-order valence-electron chi connectivity index (χ2n) is 21.2. The van der Waals surface area contributed by atoms with E-state index < -0.39 is 81.3 Å². The minimum Gasteiger partial charge on any atom is -0.508 e. The number of aliphatic imine (C=N–C) groups is 1. The van der Waals surface area contributed by atoms with Gasteiger partial charge in [-0.3, -0.25) is 34.3 Å². The van der Waals surface area contributed by atoms with Crippen LogP contribution in [0, 0.1) is 0 Å². The van der Waals surface area contributed by atoms with Crippen molar-refractivity contribution in [3.05, 3.63) is 116 Å². The van der Waals surface area contributed by atoms with Crippen LogP contribution in [0.4, 0.5) is 21.9 Å². The molecule has 4 atom stereocenters. The van der Waals surface area contributed by atoms with E-state index >= 15 is 0 Å². The van der Waals surface area contributed by atoms with Gasteiger partial charge in [0.25, 0.3) is 10.9 Å². The predicted octanol–water partition coefficient (Wildman–Crippen LogP) is -1.85. The molecule has 3 unspecified atom stereocenters. The molecule has 4 bridgehead atoms. The van der Waals surface area contributed by atoms with E-state index in [4.69, 9.17) is 14.3 Å². The van der Waals surface area contributed by atoms with Crippen molar-refractivity contribution in [2.24, 2.45) is 10.7 Å². The Morgan fingerprint density at radius 1 is 0.602 bits per heavy atom. The Labute approximate surface area is 518 Å². The van der Waals surface area contributed by atoms with Crippen LogP contribution >= 0.6 is 0 Å². The van der Waals surface area contributed by atoms with Crippen LogP contribution in [0.25, 0.3) is 0 Å². The molecule has 472 valence electrons. The summed E-state index contributed by atoms with van der Waals surface area (Å²) in [7, 11) is 0. The van der Waals surface area contributed by atoms with Crippen molar-refractivity contribution in [2.45, 2.75) is 51.1 Å². The van der Waals surface area contributed by atoms with Crippen molar-refractivity contribution >= 4 is 93.3 Å². The van der Waals surface area contributed by atoms with Gasteiger partial charge in [0.2, 0.25) is 17.7 Å². The predicted molar refractivity (Wildman–Crippen MR) is 326 cm³/mol. The van der Waals surface area contributed by atoms with Gasteiger partial charge >= 0.3 is 197 Å². The molecule has 6 amide bonds. The number of carbonyl (C=O) groups excluding carboxylic acids is 8. The molecule has 7 rings (SSSR count). The average molecular weight is 1320 g/mol. The third kappa shape index (κ3) is 22.1. The fourth-order valence-corrected chi connectivity index (χ4v) is 12.6. The molecule has 3 aliphatic rings. The zero-order valence-electron chi connectivity index (χ0n) is 49.3. The molecule has 3 fully saturated rings. The standard InChI is InChI=1S/C58H81N15O14.In/c1-2-45(75)61-23-25-66-58(87)69-57(59)65-19-6-10-44(55(85)67-34-39-11-17-43(74)18-12-39)68-56(86)50(40-8-4-3-5-9-40)41-13-15-42(16-14-41)60-20-7-21-63-51-52(54(84)53(51)83)64-24-22-62-46(76)35-70-26-28-71(36-47(77)78)30-32-73(38-49(81)82)33-31-72(29-27-70)37-48(79)80;/h3-5,8-9,11-18,44,50,60,63-64,74H,2,6-7,10,19-38H2,1H3,(H,61,75)(H,62,76)(H,67,85)(H,68,86)(H,77,78)(H,79,80)(H,81,82)(H4,59,65,66,69,87);/q;+3/p-3/t44-,50?;/m1./s1. The molecule has 4 aromatic carbocycles. The van der Waals surface area contributed by atoms with Crippen molar-refractivity contribution in [1.29, 1.82) is 0 Å². The van der Waals surface area contributed by atoms with Gasteiger partial charge in [-0.25, -0.2) is 4.79 Å². The van der Waals surface area contributed by atoms with Crippen LogP contribution in [-0.2, 0) is 48.7 Å². The Kier molecular flexibility index (Phi) is 26.6. The normalized spacial score (nSPS) is 18.2. The first kappa shape index (κ1) is 67.2. The Hall–Kier alpha value is -8.32. The fraction of sp³-hybridized carbons (Fsp3) is 0.466. The van der Waals surface area contributed by atoms with E-state index in [9.17, 15) is 53.1 Å². The van der Waals surface area contributed by atoms with E-state index in [2.05, 4.69) is 52.8 Å². The molecule has 4 aromatic rings. The number of carbonyl (C=O) groups is 8. The zero-order valence-corrected chi connectivity index (χ0v) is 52.6. The van der Waals surface area contributed by atoms with Crippen LogP contribution in [0.1, 0.15) is 55.2 Å². The number of nitrogens with one attached hydrogen (secondary N) is 9. The molecule has 3 saturated heterocycles. The molecular weight excluding hydrogens is 1250 g/mol. The number of phenolic OH excluding ortho intramolecular Hbond substituents is 1. The SMILES string of the molecule is CCC(=O)NCCNC(=O)NC(N)=NCCC[C@@H](NC(=O)C(c1ccccc1)c1ccc(NCCCNc2c(NCCNC(=O)CN3CCN4CCN5CCN(CC3)CC(=O)[O][In]([O]C(=O)C4)[O]C(=O)C5)c(=O)c2=O)cc1)C(=O)NCc1ccc(O)cc1. The Morgan fingerprint density at radius 2 is 1.14 bits per heavy atom. The number of urea groups is 1. The minimum atomic E-state index is -4.26. The number of guanidine groups is 1. The van der Waals surface area contributed by atoms with E-state index in [-0.39, 0.29) is 107 Å². The van der Waals surface area contributed by atoms with E-state index in [1.165, 1.54) is 12.1 Å². The minimum absolute atomic E-state index is 0.0130. The van der Waals surface area contributed by atoms with Gasteiger partial charge in [0, 0.05) is 51.4 Å². The Morgan fingerprint density at radius 3 is 1.74 bits per heavy atom. The molecule has 3 heterocycles. The summed E-state index contributed by atoms with van der Waals surface area (Å²) in [5, 5.41) is 35.5. The number of phenols is 1. The molecule has 0 aromatic heterocycles. The van der Waals surface area contributed by atoms with Crippen LogP contribution in [-0.4, -0.2) is 231 Å². The second kappa shape index (κ2) is 34.9. The van der Waals surface area contributed by atoms with E-state index in [1.54, 1.807) is 19.1 Å². The number of aromatic hydroxyl groups is 1. The van der Waals surface area contributed by atoms with Gasteiger partial charge in [0.15, 0.2) is 5.96 Å². The summed E-state index contributed by atoms with van der Waals surface area (Å²) < 4.78 is 16.3. The molecule has 3 aliphatic heterocycles. The number of nitrogens with two attached hydrogens (primary N) is 1. The molecule has 0 spiro atoms. The molecule has 0 aliphatic carbocycles. The maximum atomic E-state index is 14.4. The van der Waals surface area contributed by atoms with Crippen molar-refractivity contribution in [3.63, 3.8) is 0 Å². The van der Waals surface area contributed by atoms with Crippen LogP contribution in [0.5, 0.6) is 5.75 Å². The second-order valence-corrected chi connectivity index (χ2v) is 24.8. The number of hydrogen-bond donors (Lipinski definition) is 11. The largest absolute Gasteiger partial charge is 0.508 e. The van der Waals surface area contributed by atoms with Gasteiger partial charge < -0.3 is 48.1 Å². The van der Waals surface area contributed by atoms with Crippen molar-refractivity contribution in [2.75, 3.05) is 140 Å². The first-order chi connectivity index (χ1) is 42.5. The van der Waals surface area contributed by atoms with Gasteiger partial charge in [0.1, 0.15) is 23.2 Å². The molecule has 30 heteroatoms. The molecular formula is C58H78InN15O14. The maximum absolute atomic E-state index is 14.4.